The summed E-state index contributed by atoms with van der Waals surface area (Å²) in [5, 5.41) is 10.3. The molecular formula is C18H22N2O3. The summed E-state index contributed by atoms with van der Waals surface area (Å²) >= 11 is 0. The van der Waals surface area contributed by atoms with Gasteiger partial charge in [0.2, 0.25) is 0 Å². The molecule has 5 heteroatoms. The van der Waals surface area contributed by atoms with Crippen LogP contribution in [0.4, 0.5) is 0 Å². The molecule has 0 radical (unpaired) electrons. The lowest BCUT2D eigenvalue weighted by Gasteiger charge is -2.23. The van der Waals surface area contributed by atoms with Crippen LogP contribution in [0.3, 0.4) is 0 Å². The molecular weight excluding hydrogens is 292 g/mol. The highest BCUT2D eigenvalue weighted by Crippen LogP contribution is 2.41. The first kappa shape index (κ1) is 15.6. The van der Waals surface area contributed by atoms with Gasteiger partial charge in [-0.3, -0.25) is 5.43 Å². The number of benzene rings is 2. The molecule has 122 valence electrons. The van der Waals surface area contributed by atoms with Gasteiger partial charge in [-0.1, -0.05) is 18.2 Å². The van der Waals surface area contributed by atoms with Gasteiger partial charge in [-0.25, -0.2) is 5.43 Å². The number of methoxy groups -OCH3 is 2. The maximum atomic E-state index is 10.3. The molecule has 1 aliphatic heterocycles. The quantitative estimate of drug-likeness (QED) is 0.810. The molecule has 0 aliphatic carbocycles. The summed E-state index contributed by atoms with van der Waals surface area (Å²) in [4.78, 5) is 0. The van der Waals surface area contributed by atoms with Crippen molar-refractivity contribution in [3.63, 3.8) is 0 Å². The van der Waals surface area contributed by atoms with Crippen LogP contribution in [0.5, 0.6) is 17.2 Å². The fourth-order valence-corrected chi connectivity index (χ4v) is 3.18. The summed E-state index contributed by atoms with van der Waals surface area (Å²) in [7, 11) is 3.25. The fraction of sp³-hybridized carbons (Fsp3) is 0.333. The Morgan fingerprint density at radius 3 is 2.17 bits per heavy atom. The van der Waals surface area contributed by atoms with Gasteiger partial charge in [0.05, 0.1) is 20.3 Å². The third-order valence-electron chi connectivity index (χ3n) is 4.44. The van der Waals surface area contributed by atoms with Gasteiger partial charge in [0, 0.05) is 23.6 Å². The van der Waals surface area contributed by atoms with Crippen molar-refractivity contribution in [2.45, 2.75) is 24.9 Å². The standard InChI is InChI=1S/C18H22N2O3/c1-11-17(12-4-6-13(22-2)7-5-12)18(20-19-11)15-9-8-14(23-3)10-16(15)21/h4-11,17-21H,1-3H3. The van der Waals surface area contributed by atoms with E-state index in [0.29, 0.717) is 5.75 Å². The average Bonchev–Trinajstić information content (AvgIpc) is 2.96. The van der Waals surface area contributed by atoms with Crippen LogP contribution >= 0.6 is 0 Å². The van der Waals surface area contributed by atoms with Crippen molar-refractivity contribution in [1.29, 1.82) is 0 Å². The van der Waals surface area contributed by atoms with Crippen LogP contribution in [0.1, 0.15) is 30.0 Å². The van der Waals surface area contributed by atoms with E-state index in [1.54, 1.807) is 20.3 Å². The molecule has 0 amide bonds. The van der Waals surface area contributed by atoms with Gasteiger partial charge in [-0.05, 0) is 30.7 Å². The molecule has 23 heavy (non-hydrogen) atoms. The smallest absolute Gasteiger partial charge is 0.124 e. The third kappa shape index (κ3) is 2.98. The molecule has 3 N–H and O–H groups in total. The van der Waals surface area contributed by atoms with Crippen molar-refractivity contribution < 1.29 is 14.6 Å². The molecule has 3 atom stereocenters. The van der Waals surface area contributed by atoms with Crippen LogP contribution in [0.25, 0.3) is 0 Å². The van der Waals surface area contributed by atoms with Crippen LogP contribution in [0, 0.1) is 0 Å². The Labute approximate surface area is 136 Å². The van der Waals surface area contributed by atoms with Crippen molar-refractivity contribution in [2.24, 2.45) is 0 Å². The maximum Gasteiger partial charge on any atom is 0.124 e. The molecule has 0 aromatic heterocycles. The summed E-state index contributed by atoms with van der Waals surface area (Å²) < 4.78 is 10.4. The normalized spacial score (nSPS) is 23.7. The fourth-order valence-electron chi connectivity index (χ4n) is 3.18. The largest absolute Gasteiger partial charge is 0.507 e. The van der Waals surface area contributed by atoms with Crippen molar-refractivity contribution in [3.8, 4) is 17.2 Å². The molecule has 2 aromatic rings. The lowest BCUT2D eigenvalue weighted by Crippen LogP contribution is -2.29. The number of rotatable bonds is 4. The second-order valence-corrected chi connectivity index (χ2v) is 5.78. The van der Waals surface area contributed by atoms with Crippen molar-refractivity contribution in [2.75, 3.05) is 14.2 Å². The Bertz CT molecular complexity index is 672. The first-order valence-electron chi connectivity index (χ1n) is 7.66. The Balaban J connectivity index is 1.94. The van der Waals surface area contributed by atoms with Gasteiger partial charge in [-0.15, -0.1) is 0 Å². The third-order valence-corrected chi connectivity index (χ3v) is 4.44. The molecule has 0 spiro atoms. The number of hydrogen-bond donors (Lipinski definition) is 3. The second-order valence-electron chi connectivity index (χ2n) is 5.78. The van der Waals surface area contributed by atoms with Crippen LogP contribution in [-0.4, -0.2) is 25.4 Å². The molecule has 1 fully saturated rings. The SMILES string of the molecule is COc1ccc(C2C(C)NNC2c2ccc(OC)cc2O)cc1. The minimum Gasteiger partial charge on any atom is -0.507 e. The Hall–Kier alpha value is -2.24. The summed E-state index contributed by atoms with van der Waals surface area (Å²) in [6.45, 7) is 2.13. The lowest BCUT2D eigenvalue weighted by molar-refractivity contribution is 0.402. The predicted molar refractivity (Wildman–Crippen MR) is 88.9 cm³/mol. The molecule has 0 saturated carbocycles. The number of phenols is 1. The van der Waals surface area contributed by atoms with Crippen molar-refractivity contribution >= 4 is 0 Å². The number of hydrogen-bond acceptors (Lipinski definition) is 5. The first-order valence-corrected chi connectivity index (χ1v) is 7.66. The van der Waals surface area contributed by atoms with E-state index in [9.17, 15) is 5.11 Å². The molecule has 1 heterocycles. The topological polar surface area (TPSA) is 62.8 Å². The van der Waals surface area contributed by atoms with E-state index in [0.717, 1.165) is 11.3 Å². The molecule has 3 unspecified atom stereocenters. The summed E-state index contributed by atoms with van der Waals surface area (Å²) in [5.41, 5.74) is 8.61. The number of aromatic hydroxyl groups is 1. The zero-order valence-corrected chi connectivity index (χ0v) is 13.5. The van der Waals surface area contributed by atoms with Gasteiger partial charge < -0.3 is 14.6 Å². The highest BCUT2D eigenvalue weighted by atomic mass is 16.5. The average molecular weight is 314 g/mol. The van der Waals surface area contributed by atoms with Gasteiger partial charge in [0.25, 0.3) is 0 Å². The predicted octanol–water partition coefficient (Wildman–Crippen LogP) is 2.73. The highest BCUT2D eigenvalue weighted by molar-refractivity contribution is 5.44. The molecule has 0 bridgehead atoms. The molecule has 5 nitrogen and oxygen atoms in total. The lowest BCUT2D eigenvalue weighted by atomic mass is 9.84. The zero-order valence-electron chi connectivity index (χ0n) is 13.5. The van der Waals surface area contributed by atoms with E-state index in [4.69, 9.17) is 9.47 Å². The minimum absolute atomic E-state index is 0.0238. The van der Waals surface area contributed by atoms with Crippen molar-refractivity contribution in [1.82, 2.24) is 10.9 Å². The Morgan fingerprint density at radius 2 is 1.57 bits per heavy atom. The molecule has 2 aromatic carbocycles. The Morgan fingerprint density at radius 1 is 0.913 bits per heavy atom. The summed E-state index contributed by atoms with van der Waals surface area (Å²) in [6, 6.07) is 13.7. The zero-order chi connectivity index (χ0) is 16.4. The Kier molecular flexibility index (Phi) is 4.41. The van der Waals surface area contributed by atoms with Gasteiger partial charge in [0.15, 0.2) is 0 Å². The maximum absolute atomic E-state index is 10.3. The van der Waals surface area contributed by atoms with E-state index in [-0.39, 0.29) is 23.8 Å². The monoisotopic (exact) mass is 314 g/mol. The number of phenolic OH excluding ortho intramolecular Hbond substituents is 1. The van der Waals surface area contributed by atoms with E-state index in [1.165, 1.54) is 5.56 Å². The number of ether oxygens (including phenoxy) is 2. The van der Waals surface area contributed by atoms with Crippen LogP contribution in [0.15, 0.2) is 42.5 Å². The van der Waals surface area contributed by atoms with Crippen LogP contribution in [0.2, 0.25) is 0 Å². The van der Waals surface area contributed by atoms with E-state index in [2.05, 4.69) is 29.9 Å². The first-order chi connectivity index (χ1) is 11.1. The molecule has 1 saturated heterocycles. The van der Waals surface area contributed by atoms with E-state index < -0.39 is 0 Å². The van der Waals surface area contributed by atoms with Crippen molar-refractivity contribution in [3.05, 3.63) is 53.6 Å². The minimum atomic E-state index is -0.0238. The van der Waals surface area contributed by atoms with Gasteiger partial charge in [0.1, 0.15) is 17.2 Å². The summed E-state index contributed by atoms with van der Waals surface area (Å²) in [5.74, 6) is 1.91. The van der Waals surface area contributed by atoms with Gasteiger partial charge in [-0.2, -0.15) is 0 Å². The second kappa shape index (κ2) is 6.48. The number of nitrogens with one attached hydrogen (secondary N) is 2. The molecule has 3 rings (SSSR count). The van der Waals surface area contributed by atoms with Gasteiger partial charge >= 0.3 is 0 Å². The van der Waals surface area contributed by atoms with Crippen LogP contribution < -0.4 is 20.3 Å². The van der Waals surface area contributed by atoms with E-state index >= 15 is 0 Å². The number of hydrazine groups is 1. The highest BCUT2D eigenvalue weighted by Gasteiger charge is 2.36. The van der Waals surface area contributed by atoms with E-state index in [1.807, 2.05) is 24.3 Å². The van der Waals surface area contributed by atoms with Crippen LogP contribution in [-0.2, 0) is 0 Å². The summed E-state index contributed by atoms with van der Waals surface area (Å²) in [6.07, 6.45) is 0. The molecule has 1 aliphatic rings.